The number of hydrogen-bond donors (Lipinski definition) is 0. The van der Waals surface area contributed by atoms with Gasteiger partial charge in [0.05, 0.1) is 12.7 Å². The minimum absolute atomic E-state index is 0.111. The predicted molar refractivity (Wildman–Crippen MR) is 85.4 cm³/mol. The summed E-state index contributed by atoms with van der Waals surface area (Å²) in [5.41, 5.74) is 0. The van der Waals surface area contributed by atoms with Crippen molar-refractivity contribution in [2.45, 2.75) is 104 Å². The van der Waals surface area contributed by atoms with Crippen LogP contribution in [-0.2, 0) is 19.9 Å². The third-order valence-corrected chi connectivity index (χ3v) is 3.53. The van der Waals surface area contributed by atoms with Crippen LogP contribution in [0, 0.1) is 0 Å². The van der Waals surface area contributed by atoms with Crippen LogP contribution in [0.3, 0.4) is 0 Å². The van der Waals surface area contributed by atoms with Crippen molar-refractivity contribution < 1.29 is 19.9 Å². The Morgan fingerprint density at radius 3 is 1.90 bits per heavy atom. The van der Waals surface area contributed by atoms with Crippen LogP contribution in [-0.4, -0.2) is 12.7 Å². The van der Waals surface area contributed by atoms with Crippen LogP contribution in [0.25, 0.3) is 0 Å². The maximum absolute atomic E-state index is 5.24. The molecule has 0 aromatic rings. The van der Waals surface area contributed by atoms with E-state index in [9.17, 15) is 0 Å². The molecular weight excluding hydrogens is 268 g/mol. The number of rotatable bonds is 17. The molecular formula is C17H36O4. The Morgan fingerprint density at radius 2 is 1.29 bits per heavy atom. The van der Waals surface area contributed by atoms with Crippen molar-refractivity contribution in [3.05, 3.63) is 0 Å². The van der Waals surface area contributed by atoms with E-state index in [1.54, 1.807) is 0 Å². The van der Waals surface area contributed by atoms with Crippen molar-refractivity contribution in [3.63, 3.8) is 0 Å². The van der Waals surface area contributed by atoms with E-state index >= 15 is 0 Å². The van der Waals surface area contributed by atoms with Gasteiger partial charge in [0.2, 0.25) is 0 Å². The minimum atomic E-state index is 0.111. The molecule has 0 aliphatic heterocycles. The van der Waals surface area contributed by atoms with E-state index in [1.807, 2.05) is 6.92 Å². The van der Waals surface area contributed by atoms with Gasteiger partial charge in [-0.1, -0.05) is 78.6 Å². The quantitative estimate of drug-likeness (QED) is 0.190. The molecule has 0 aromatic heterocycles. The van der Waals surface area contributed by atoms with Gasteiger partial charge in [0.25, 0.3) is 0 Å². The van der Waals surface area contributed by atoms with Crippen LogP contribution in [0.1, 0.15) is 97.8 Å². The third kappa shape index (κ3) is 16.0. The average Bonchev–Trinajstić information content (AvgIpc) is 2.49. The topological polar surface area (TPSA) is 36.9 Å². The lowest BCUT2D eigenvalue weighted by atomic mass is 10.0. The lowest BCUT2D eigenvalue weighted by Crippen LogP contribution is -2.14. The highest BCUT2D eigenvalue weighted by atomic mass is 17.7. The molecule has 0 saturated carbocycles. The smallest absolute Gasteiger partial charge is 0.0962 e. The molecule has 21 heavy (non-hydrogen) atoms. The number of unbranched alkanes of at least 4 members (excludes halogenated alkanes) is 7. The summed E-state index contributed by atoms with van der Waals surface area (Å²) in [5, 5.41) is 9.16. The molecule has 128 valence electrons. The van der Waals surface area contributed by atoms with Gasteiger partial charge in [-0.25, -0.2) is 9.78 Å². The van der Waals surface area contributed by atoms with Crippen molar-refractivity contribution in [2.24, 2.45) is 0 Å². The molecule has 1 atom stereocenters. The van der Waals surface area contributed by atoms with Crippen molar-refractivity contribution in [1.29, 1.82) is 0 Å². The fourth-order valence-corrected chi connectivity index (χ4v) is 2.28. The summed E-state index contributed by atoms with van der Waals surface area (Å²) in [6.45, 7) is 6.93. The van der Waals surface area contributed by atoms with Crippen LogP contribution < -0.4 is 0 Å². The van der Waals surface area contributed by atoms with Crippen LogP contribution in [0.2, 0.25) is 0 Å². The van der Waals surface area contributed by atoms with E-state index < -0.39 is 0 Å². The first kappa shape index (κ1) is 20.8. The summed E-state index contributed by atoms with van der Waals surface area (Å²) < 4.78 is 0. The normalized spacial score (nSPS) is 12.7. The standard InChI is InChI=1S/C17H36O4/c1-4-7-8-9-10-11-12-13-15-17(14-5-2)19-21-20-18-16-6-3/h17H,4-16H2,1-3H3. The Kier molecular flexibility index (Phi) is 17.8. The molecule has 0 spiro atoms. The summed E-state index contributed by atoms with van der Waals surface area (Å²) >= 11 is 0. The molecule has 0 rings (SSSR count). The molecule has 0 amide bonds. The van der Waals surface area contributed by atoms with E-state index in [1.165, 1.54) is 51.4 Å². The van der Waals surface area contributed by atoms with Gasteiger partial charge in [0.15, 0.2) is 0 Å². The Morgan fingerprint density at radius 1 is 0.619 bits per heavy atom. The second kappa shape index (κ2) is 17.9. The van der Waals surface area contributed by atoms with Gasteiger partial charge in [-0.2, -0.15) is 0 Å². The highest BCUT2D eigenvalue weighted by Crippen LogP contribution is 2.15. The second-order valence-electron chi connectivity index (χ2n) is 5.73. The van der Waals surface area contributed by atoms with E-state index in [0.717, 1.165) is 25.7 Å². The fourth-order valence-electron chi connectivity index (χ4n) is 2.28. The molecule has 0 saturated heterocycles. The van der Waals surface area contributed by atoms with E-state index in [0.29, 0.717) is 6.61 Å². The van der Waals surface area contributed by atoms with E-state index in [4.69, 9.17) is 9.78 Å². The molecule has 0 aliphatic carbocycles. The molecule has 0 radical (unpaired) electrons. The molecule has 0 aliphatic rings. The Hall–Kier alpha value is -0.160. The van der Waals surface area contributed by atoms with Crippen LogP contribution in [0.5, 0.6) is 0 Å². The maximum atomic E-state index is 5.24. The molecule has 4 nitrogen and oxygen atoms in total. The highest BCUT2D eigenvalue weighted by Gasteiger charge is 2.10. The lowest BCUT2D eigenvalue weighted by molar-refractivity contribution is -0.642. The van der Waals surface area contributed by atoms with Crippen molar-refractivity contribution >= 4 is 0 Å². The van der Waals surface area contributed by atoms with Gasteiger partial charge in [0, 0.05) is 0 Å². The summed E-state index contributed by atoms with van der Waals surface area (Å²) in [4.78, 5) is 10.00. The molecule has 0 bridgehead atoms. The third-order valence-electron chi connectivity index (χ3n) is 3.53. The number of hydrogen-bond acceptors (Lipinski definition) is 4. The second-order valence-corrected chi connectivity index (χ2v) is 5.73. The van der Waals surface area contributed by atoms with Crippen molar-refractivity contribution in [2.75, 3.05) is 6.61 Å². The van der Waals surface area contributed by atoms with Crippen molar-refractivity contribution in [3.8, 4) is 0 Å². The van der Waals surface area contributed by atoms with Gasteiger partial charge in [-0.3, -0.25) is 0 Å². The molecule has 1 unspecified atom stereocenters. The first-order valence-electron chi connectivity index (χ1n) is 8.96. The fraction of sp³-hybridized carbons (Fsp3) is 1.00. The lowest BCUT2D eigenvalue weighted by Gasteiger charge is -2.14. The summed E-state index contributed by atoms with van der Waals surface area (Å²) in [6, 6.07) is 0. The monoisotopic (exact) mass is 304 g/mol. The molecule has 4 heteroatoms. The Labute approximate surface area is 131 Å². The molecule has 0 N–H and O–H groups in total. The first-order chi connectivity index (χ1) is 10.3. The SMILES string of the molecule is CCCCCCCCCCC(CCC)OOOOCCC. The van der Waals surface area contributed by atoms with Gasteiger partial charge < -0.3 is 0 Å². The zero-order chi connectivity index (χ0) is 15.6. The summed E-state index contributed by atoms with van der Waals surface area (Å²) in [7, 11) is 0. The minimum Gasteiger partial charge on any atom is -0.204 e. The first-order valence-corrected chi connectivity index (χ1v) is 8.96. The van der Waals surface area contributed by atoms with Crippen LogP contribution in [0.15, 0.2) is 0 Å². The molecule has 0 heterocycles. The van der Waals surface area contributed by atoms with Crippen LogP contribution in [0.4, 0.5) is 0 Å². The summed E-state index contributed by atoms with van der Waals surface area (Å²) in [6.07, 6.45) is 14.7. The Bertz CT molecular complexity index is 188. The van der Waals surface area contributed by atoms with Crippen molar-refractivity contribution in [1.82, 2.24) is 0 Å². The molecule has 0 fully saturated rings. The highest BCUT2D eigenvalue weighted by molar-refractivity contribution is 4.56. The zero-order valence-corrected chi connectivity index (χ0v) is 14.4. The van der Waals surface area contributed by atoms with Gasteiger partial charge in [0.1, 0.15) is 0 Å². The van der Waals surface area contributed by atoms with Gasteiger partial charge in [-0.15, -0.1) is 0 Å². The largest absolute Gasteiger partial charge is 0.204 e. The predicted octanol–water partition coefficient (Wildman–Crippen LogP) is 5.91. The molecule has 0 aromatic carbocycles. The van der Waals surface area contributed by atoms with E-state index in [-0.39, 0.29) is 6.10 Å². The Balaban J connectivity index is 3.42. The average molecular weight is 304 g/mol. The summed E-state index contributed by atoms with van der Waals surface area (Å²) in [5.74, 6) is 0. The van der Waals surface area contributed by atoms with Gasteiger partial charge >= 0.3 is 0 Å². The maximum Gasteiger partial charge on any atom is 0.0962 e. The van der Waals surface area contributed by atoms with E-state index in [2.05, 4.69) is 23.9 Å². The zero-order valence-electron chi connectivity index (χ0n) is 14.4. The van der Waals surface area contributed by atoms with Crippen LogP contribution >= 0.6 is 0 Å². The van der Waals surface area contributed by atoms with Gasteiger partial charge in [-0.05, 0) is 29.3 Å².